The number of pyridine rings is 1. The zero-order chi connectivity index (χ0) is 22.1. The van der Waals surface area contributed by atoms with Crippen LogP contribution in [0.15, 0.2) is 73.1 Å². The van der Waals surface area contributed by atoms with Gasteiger partial charge in [0.05, 0.1) is 23.1 Å². The van der Waals surface area contributed by atoms with Gasteiger partial charge in [0.25, 0.3) is 0 Å². The first-order valence-corrected chi connectivity index (χ1v) is 10.3. The molecular formula is C24H21N5O3. The van der Waals surface area contributed by atoms with Crippen LogP contribution in [0.4, 0.5) is 11.4 Å². The number of nitrogens with zero attached hydrogens (tertiary/aromatic N) is 5. The van der Waals surface area contributed by atoms with Gasteiger partial charge < -0.3 is 19.6 Å². The maximum atomic E-state index is 12.5. The topological polar surface area (TPSA) is 91.7 Å². The van der Waals surface area contributed by atoms with Crippen molar-refractivity contribution >= 4 is 28.2 Å². The SMILES string of the molecule is CN(c1ccc(Oc2nc(O)c3ccncc3n2)cc1)C1CC(=O)N(c2ccccc2)C1. The second-order valence-corrected chi connectivity index (χ2v) is 7.63. The van der Waals surface area contributed by atoms with Crippen LogP contribution < -0.4 is 14.5 Å². The maximum absolute atomic E-state index is 12.5. The summed E-state index contributed by atoms with van der Waals surface area (Å²) in [5, 5.41) is 10.6. The zero-order valence-electron chi connectivity index (χ0n) is 17.4. The van der Waals surface area contributed by atoms with Crippen molar-refractivity contribution in [3.05, 3.63) is 73.1 Å². The Bertz CT molecular complexity index is 1260. The van der Waals surface area contributed by atoms with Crippen molar-refractivity contribution in [2.75, 3.05) is 23.4 Å². The zero-order valence-corrected chi connectivity index (χ0v) is 17.4. The summed E-state index contributed by atoms with van der Waals surface area (Å²) in [5.74, 6) is 0.506. The maximum Gasteiger partial charge on any atom is 0.325 e. The molecule has 160 valence electrons. The lowest BCUT2D eigenvalue weighted by atomic mass is 10.2. The average Bonchev–Trinajstić information content (AvgIpc) is 3.21. The Labute approximate surface area is 184 Å². The number of carbonyl (C=O) groups excluding carboxylic acids is 1. The monoisotopic (exact) mass is 427 g/mol. The molecule has 0 saturated carbocycles. The quantitative estimate of drug-likeness (QED) is 0.518. The van der Waals surface area contributed by atoms with Gasteiger partial charge in [0.1, 0.15) is 5.75 Å². The van der Waals surface area contributed by atoms with E-state index in [-0.39, 0.29) is 23.8 Å². The summed E-state index contributed by atoms with van der Waals surface area (Å²) in [6.07, 6.45) is 3.57. The van der Waals surface area contributed by atoms with Gasteiger partial charge in [-0.3, -0.25) is 9.78 Å². The molecule has 2 aromatic carbocycles. The Balaban J connectivity index is 1.29. The summed E-state index contributed by atoms with van der Waals surface area (Å²) in [6, 6.07) is 19.0. The van der Waals surface area contributed by atoms with Gasteiger partial charge in [-0.25, -0.2) is 0 Å². The minimum absolute atomic E-state index is 0.0454. The van der Waals surface area contributed by atoms with E-state index in [1.807, 2.05) is 66.5 Å². The highest BCUT2D eigenvalue weighted by Gasteiger charge is 2.33. The number of fused-ring (bicyclic) bond motifs is 1. The molecule has 1 atom stereocenters. The molecule has 8 nitrogen and oxygen atoms in total. The number of hydrogen-bond acceptors (Lipinski definition) is 7. The van der Waals surface area contributed by atoms with E-state index in [1.165, 1.54) is 0 Å². The van der Waals surface area contributed by atoms with E-state index in [4.69, 9.17) is 4.74 Å². The number of amides is 1. The van der Waals surface area contributed by atoms with Gasteiger partial charge in [0.15, 0.2) is 0 Å². The number of ether oxygens (including phenoxy) is 1. The van der Waals surface area contributed by atoms with Gasteiger partial charge in [-0.05, 0) is 42.5 Å². The van der Waals surface area contributed by atoms with Gasteiger partial charge >= 0.3 is 6.01 Å². The van der Waals surface area contributed by atoms with Crippen molar-refractivity contribution in [1.82, 2.24) is 15.0 Å². The fraction of sp³-hybridized carbons (Fsp3) is 0.167. The second-order valence-electron chi connectivity index (χ2n) is 7.63. The number of benzene rings is 2. The minimum Gasteiger partial charge on any atom is -0.493 e. The summed E-state index contributed by atoms with van der Waals surface area (Å²) < 4.78 is 5.73. The van der Waals surface area contributed by atoms with Crippen LogP contribution in [0.1, 0.15) is 6.42 Å². The molecule has 4 aromatic rings. The van der Waals surface area contributed by atoms with Crippen LogP contribution in [-0.2, 0) is 4.79 Å². The molecule has 1 aliphatic rings. The normalized spacial score (nSPS) is 15.8. The Morgan fingerprint density at radius 2 is 1.84 bits per heavy atom. The highest BCUT2D eigenvalue weighted by molar-refractivity contribution is 5.96. The van der Waals surface area contributed by atoms with E-state index in [2.05, 4.69) is 19.9 Å². The van der Waals surface area contributed by atoms with Crippen molar-refractivity contribution in [1.29, 1.82) is 0 Å². The number of aromatic hydroxyl groups is 1. The molecule has 0 bridgehead atoms. The molecule has 8 heteroatoms. The Morgan fingerprint density at radius 1 is 1.06 bits per heavy atom. The number of hydrogen-bond donors (Lipinski definition) is 1. The van der Waals surface area contributed by atoms with E-state index in [0.717, 1.165) is 11.4 Å². The summed E-state index contributed by atoms with van der Waals surface area (Å²) >= 11 is 0. The van der Waals surface area contributed by atoms with Crippen LogP contribution >= 0.6 is 0 Å². The lowest BCUT2D eigenvalue weighted by molar-refractivity contribution is -0.117. The van der Waals surface area contributed by atoms with Gasteiger partial charge in [-0.15, -0.1) is 0 Å². The fourth-order valence-corrected chi connectivity index (χ4v) is 3.86. The minimum atomic E-state index is -0.155. The van der Waals surface area contributed by atoms with E-state index in [1.54, 1.807) is 18.5 Å². The first-order chi connectivity index (χ1) is 15.6. The Hall–Kier alpha value is -4.20. The van der Waals surface area contributed by atoms with Crippen LogP contribution in [0.3, 0.4) is 0 Å². The predicted octanol–water partition coefficient (Wildman–Crippen LogP) is 3.76. The molecule has 1 fully saturated rings. The lowest BCUT2D eigenvalue weighted by Crippen LogP contribution is -2.34. The molecule has 2 aromatic heterocycles. The van der Waals surface area contributed by atoms with E-state index in [9.17, 15) is 9.90 Å². The first-order valence-electron chi connectivity index (χ1n) is 10.3. The van der Waals surface area contributed by atoms with Gasteiger partial charge in [0.2, 0.25) is 11.8 Å². The summed E-state index contributed by atoms with van der Waals surface area (Å²) in [6.45, 7) is 0.635. The number of likely N-dealkylation sites (N-methyl/N-ethyl adjacent to an activating group) is 1. The molecule has 3 heterocycles. The van der Waals surface area contributed by atoms with Gasteiger partial charge in [0, 0.05) is 37.6 Å². The van der Waals surface area contributed by atoms with Crippen molar-refractivity contribution in [3.8, 4) is 17.6 Å². The largest absolute Gasteiger partial charge is 0.493 e. The molecule has 0 aliphatic carbocycles. The first kappa shape index (κ1) is 19.7. The fourth-order valence-electron chi connectivity index (χ4n) is 3.86. The molecule has 1 saturated heterocycles. The average molecular weight is 427 g/mol. The number of rotatable bonds is 5. The second kappa shape index (κ2) is 8.14. The van der Waals surface area contributed by atoms with Crippen LogP contribution in [0, 0.1) is 0 Å². The third-order valence-electron chi connectivity index (χ3n) is 5.63. The standard InChI is InChI=1S/C24H21N5O3/c1-28(18-13-22(30)29(15-18)17-5-3-2-4-6-17)16-7-9-19(10-8-16)32-24-26-21-14-25-12-11-20(21)23(31)27-24/h2-12,14,18H,13,15H2,1H3,(H,26,27,31). The number of carbonyl (C=O) groups is 1. The van der Waals surface area contributed by atoms with Crippen LogP contribution in [0.5, 0.6) is 17.6 Å². The van der Waals surface area contributed by atoms with Crippen molar-refractivity contribution < 1.29 is 14.6 Å². The van der Waals surface area contributed by atoms with E-state index >= 15 is 0 Å². The molecular weight excluding hydrogens is 406 g/mol. The van der Waals surface area contributed by atoms with E-state index in [0.29, 0.717) is 29.6 Å². The van der Waals surface area contributed by atoms with Gasteiger partial charge in [-0.1, -0.05) is 18.2 Å². The smallest absolute Gasteiger partial charge is 0.325 e. The van der Waals surface area contributed by atoms with Crippen LogP contribution in [-0.4, -0.2) is 45.6 Å². The van der Waals surface area contributed by atoms with Crippen molar-refractivity contribution in [2.45, 2.75) is 12.5 Å². The molecule has 0 radical (unpaired) electrons. The Morgan fingerprint density at radius 3 is 2.62 bits per heavy atom. The molecule has 1 N–H and O–H groups in total. The van der Waals surface area contributed by atoms with Crippen LogP contribution in [0.2, 0.25) is 0 Å². The molecule has 1 unspecified atom stereocenters. The highest BCUT2D eigenvalue weighted by atomic mass is 16.5. The third kappa shape index (κ3) is 3.78. The lowest BCUT2D eigenvalue weighted by Gasteiger charge is -2.26. The molecule has 1 amide bonds. The van der Waals surface area contributed by atoms with Crippen LogP contribution in [0.25, 0.3) is 10.9 Å². The molecule has 0 spiro atoms. The number of aromatic nitrogens is 3. The van der Waals surface area contributed by atoms with Crippen molar-refractivity contribution in [3.63, 3.8) is 0 Å². The highest BCUT2D eigenvalue weighted by Crippen LogP contribution is 2.29. The summed E-state index contributed by atoms with van der Waals surface area (Å²) in [5.41, 5.74) is 2.39. The third-order valence-corrected chi connectivity index (χ3v) is 5.63. The molecule has 32 heavy (non-hydrogen) atoms. The van der Waals surface area contributed by atoms with Gasteiger partial charge in [-0.2, -0.15) is 9.97 Å². The Kier molecular flexibility index (Phi) is 5.03. The predicted molar refractivity (Wildman–Crippen MR) is 121 cm³/mol. The summed E-state index contributed by atoms with van der Waals surface area (Å²) in [7, 11) is 1.99. The molecule has 5 rings (SSSR count). The number of anilines is 2. The van der Waals surface area contributed by atoms with E-state index < -0.39 is 0 Å². The van der Waals surface area contributed by atoms with Crippen molar-refractivity contribution in [2.24, 2.45) is 0 Å². The summed E-state index contributed by atoms with van der Waals surface area (Å²) in [4.78, 5) is 28.8. The molecule has 1 aliphatic heterocycles. The number of para-hydroxylation sites is 1.